The number of carbonyl (C=O) groups excluding carboxylic acids is 1. The molecule has 0 spiro atoms. The zero-order valence-electron chi connectivity index (χ0n) is 11.6. The van der Waals surface area contributed by atoms with Gasteiger partial charge in [0.05, 0.1) is 17.4 Å². The largest absolute Gasteiger partial charge is 0.489 e. The average Bonchev–Trinajstić information content (AvgIpc) is 2.44. The predicted octanol–water partition coefficient (Wildman–Crippen LogP) is 1.79. The number of ether oxygens (including phenoxy) is 2. The highest BCUT2D eigenvalue weighted by Crippen LogP contribution is 2.32. The van der Waals surface area contributed by atoms with E-state index in [0.717, 1.165) is 31.7 Å². The first-order chi connectivity index (χ1) is 9.78. The number of benzene rings is 1. The van der Waals surface area contributed by atoms with Gasteiger partial charge in [0.25, 0.3) is 5.91 Å². The first kappa shape index (κ1) is 13.2. The molecule has 1 aromatic carbocycles. The normalized spacial score (nSPS) is 23.9. The summed E-state index contributed by atoms with van der Waals surface area (Å²) in [4.78, 5) is 12.3. The lowest BCUT2D eigenvalue weighted by Gasteiger charge is -2.35. The Bertz CT molecular complexity index is 498. The van der Waals surface area contributed by atoms with Crippen LogP contribution in [0.5, 0.6) is 5.75 Å². The molecule has 20 heavy (non-hydrogen) atoms. The van der Waals surface area contributed by atoms with E-state index in [1.54, 1.807) is 6.07 Å². The summed E-state index contributed by atoms with van der Waals surface area (Å²) in [7, 11) is 0. The van der Waals surface area contributed by atoms with E-state index in [-0.39, 0.29) is 11.9 Å². The summed E-state index contributed by atoms with van der Waals surface area (Å²) in [6.45, 7) is 4.09. The van der Waals surface area contributed by atoms with Crippen LogP contribution in [0.3, 0.4) is 0 Å². The Morgan fingerprint density at radius 2 is 2.35 bits per heavy atom. The first-order valence-corrected chi connectivity index (χ1v) is 7.20. The lowest BCUT2D eigenvalue weighted by molar-refractivity contribution is -0.00864. The first-order valence-electron chi connectivity index (χ1n) is 7.20. The summed E-state index contributed by atoms with van der Waals surface area (Å²) in [5, 5.41) is 6.28. The Morgan fingerprint density at radius 3 is 3.15 bits per heavy atom. The van der Waals surface area contributed by atoms with E-state index in [4.69, 9.17) is 9.47 Å². The van der Waals surface area contributed by atoms with Crippen molar-refractivity contribution in [2.75, 3.05) is 25.1 Å². The summed E-state index contributed by atoms with van der Waals surface area (Å²) >= 11 is 0. The van der Waals surface area contributed by atoms with E-state index in [1.807, 2.05) is 19.1 Å². The monoisotopic (exact) mass is 276 g/mol. The molecule has 1 saturated carbocycles. The predicted molar refractivity (Wildman–Crippen MR) is 76.3 cm³/mol. The van der Waals surface area contributed by atoms with Gasteiger partial charge in [-0.3, -0.25) is 4.79 Å². The molecule has 0 unspecified atom stereocenters. The SMILES string of the molecule is CCOC1CC(NC(=O)c2cccc3c2OCCN3)C1. The van der Waals surface area contributed by atoms with Crippen molar-refractivity contribution in [2.45, 2.75) is 31.9 Å². The molecule has 5 heteroatoms. The fraction of sp³-hybridized carbons (Fsp3) is 0.533. The van der Waals surface area contributed by atoms with E-state index >= 15 is 0 Å². The van der Waals surface area contributed by atoms with E-state index in [9.17, 15) is 4.79 Å². The molecule has 1 aliphatic heterocycles. The lowest BCUT2D eigenvalue weighted by Crippen LogP contribution is -2.47. The molecule has 0 aromatic heterocycles. The molecule has 0 bridgehead atoms. The van der Waals surface area contributed by atoms with Crippen LogP contribution in [0.25, 0.3) is 0 Å². The molecular formula is C15H20N2O3. The number of hydrogen-bond acceptors (Lipinski definition) is 4. The van der Waals surface area contributed by atoms with Crippen LogP contribution >= 0.6 is 0 Å². The second-order valence-corrected chi connectivity index (χ2v) is 5.18. The molecule has 5 nitrogen and oxygen atoms in total. The van der Waals surface area contributed by atoms with E-state index < -0.39 is 0 Å². The van der Waals surface area contributed by atoms with Crippen LogP contribution in [-0.2, 0) is 4.74 Å². The second kappa shape index (κ2) is 5.71. The van der Waals surface area contributed by atoms with E-state index in [1.165, 1.54) is 0 Å². The van der Waals surface area contributed by atoms with E-state index in [2.05, 4.69) is 10.6 Å². The van der Waals surface area contributed by atoms with Gasteiger partial charge in [-0.25, -0.2) is 0 Å². The zero-order valence-corrected chi connectivity index (χ0v) is 11.6. The quantitative estimate of drug-likeness (QED) is 0.880. The second-order valence-electron chi connectivity index (χ2n) is 5.18. The van der Waals surface area contributed by atoms with Gasteiger partial charge < -0.3 is 20.1 Å². The molecular weight excluding hydrogens is 256 g/mol. The zero-order chi connectivity index (χ0) is 13.9. The molecule has 2 N–H and O–H groups in total. The van der Waals surface area contributed by atoms with Gasteiger partial charge >= 0.3 is 0 Å². The van der Waals surface area contributed by atoms with Crippen LogP contribution < -0.4 is 15.4 Å². The Balaban J connectivity index is 1.63. The van der Waals surface area contributed by atoms with Gasteiger partial charge in [0, 0.05) is 19.2 Å². The van der Waals surface area contributed by atoms with Crippen molar-refractivity contribution >= 4 is 11.6 Å². The third-order valence-corrected chi connectivity index (χ3v) is 3.76. The number of anilines is 1. The third kappa shape index (κ3) is 2.58. The smallest absolute Gasteiger partial charge is 0.255 e. The maximum atomic E-state index is 12.3. The Hall–Kier alpha value is -1.75. The number of rotatable bonds is 4. The highest BCUT2D eigenvalue weighted by atomic mass is 16.5. The summed E-state index contributed by atoms with van der Waals surface area (Å²) in [5.74, 6) is 0.599. The summed E-state index contributed by atoms with van der Waals surface area (Å²) in [5.41, 5.74) is 1.50. The van der Waals surface area contributed by atoms with Crippen LogP contribution in [-0.4, -0.2) is 37.8 Å². The summed E-state index contributed by atoms with van der Waals surface area (Å²) < 4.78 is 11.1. The number of nitrogens with one attached hydrogen (secondary N) is 2. The molecule has 2 aliphatic rings. The molecule has 1 heterocycles. The molecule has 0 radical (unpaired) electrons. The van der Waals surface area contributed by atoms with Gasteiger partial charge in [-0.05, 0) is 31.9 Å². The highest BCUT2D eigenvalue weighted by molar-refractivity contribution is 5.99. The van der Waals surface area contributed by atoms with Gasteiger partial charge in [-0.15, -0.1) is 0 Å². The summed E-state index contributed by atoms with van der Waals surface area (Å²) in [6, 6.07) is 5.82. The molecule has 3 rings (SSSR count). The van der Waals surface area contributed by atoms with E-state index in [0.29, 0.717) is 24.0 Å². The molecule has 1 aliphatic carbocycles. The maximum Gasteiger partial charge on any atom is 0.255 e. The topological polar surface area (TPSA) is 59.6 Å². The molecule has 0 atom stereocenters. The number of carbonyl (C=O) groups is 1. The van der Waals surface area contributed by atoms with Gasteiger partial charge in [0.1, 0.15) is 6.61 Å². The van der Waals surface area contributed by atoms with Gasteiger partial charge in [-0.2, -0.15) is 0 Å². The van der Waals surface area contributed by atoms with Crippen molar-refractivity contribution in [2.24, 2.45) is 0 Å². The minimum Gasteiger partial charge on any atom is -0.489 e. The van der Waals surface area contributed by atoms with Crippen molar-refractivity contribution in [1.82, 2.24) is 5.32 Å². The van der Waals surface area contributed by atoms with Crippen LogP contribution in [0.4, 0.5) is 5.69 Å². The highest BCUT2D eigenvalue weighted by Gasteiger charge is 2.31. The van der Waals surface area contributed by atoms with Crippen molar-refractivity contribution < 1.29 is 14.3 Å². The minimum atomic E-state index is -0.0644. The Morgan fingerprint density at radius 1 is 1.50 bits per heavy atom. The molecule has 1 fully saturated rings. The van der Waals surface area contributed by atoms with Crippen LogP contribution in [0.1, 0.15) is 30.1 Å². The molecule has 1 amide bonds. The minimum absolute atomic E-state index is 0.0644. The molecule has 0 saturated heterocycles. The molecule has 1 aromatic rings. The standard InChI is InChI=1S/C15H20N2O3/c1-2-19-11-8-10(9-11)17-15(18)12-4-3-5-13-14(12)20-7-6-16-13/h3-5,10-11,16H,2,6-9H2,1H3,(H,17,18). The third-order valence-electron chi connectivity index (χ3n) is 3.76. The summed E-state index contributed by atoms with van der Waals surface area (Å²) in [6.07, 6.45) is 2.09. The average molecular weight is 276 g/mol. The number of fused-ring (bicyclic) bond motifs is 1. The van der Waals surface area contributed by atoms with Gasteiger partial charge in [0.2, 0.25) is 0 Å². The Kier molecular flexibility index (Phi) is 3.78. The van der Waals surface area contributed by atoms with Crippen molar-refractivity contribution in [3.8, 4) is 5.75 Å². The number of hydrogen-bond donors (Lipinski definition) is 2. The fourth-order valence-electron chi connectivity index (χ4n) is 2.67. The maximum absolute atomic E-state index is 12.3. The number of para-hydroxylation sites is 1. The van der Waals surface area contributed by atoms with Crippen molar-refractivity contribution in [1.29, 1.82) is 0 Å². The van der Waals surface area contributed by atoms with Crippen LogP contribution in [0, 0.1) is 0 Å². The fourth-order valence-corrected chi connectivity index (χ4v) is 2.67. The Labute approximate surface area is 118 Å². The lowest BCUT2D eigenvalue weighted by atomic mass is 9.89. The number of amides is 1. The van der Waals surface area contributed by atoms with Gasteiger partial charge in [-0.1, -0.05) is 6.07 Å². The van der Waals surface area contributed by atoms with Crippen LogP contribution in [0.15, 0.2) is 18.2 Å². The van der Waals surface area contributed by atoms with Crippen LogP contribution in [0.2, 0.25) is 0 Å². The van der Waals surface area contributed by atoms with Gasteiger partial charge in [0.15, 0.2) is 5.75 Å². The van der Waals surface area contributed by atoms with Crippen molar-refractivity contribution in [3.05, 3.63) is 23.8 Å². The molecule has 108 valence electrons. The van der Waals surface area contributed by atoms with Crippen molar-refractivity contribution in [3.63, 3.8) is 0 Å².